The van der Waals surface area contributed by atoms with E-state index in [1.165, 1.54) is 17.0 Å². The van der Waals surface area contributed by atoms with Crippen LogP contribution in [0.15, 0.2) is 30.5 Å². The third-order valence-corrected chi connectivity index (χ3v) is 5.66. The van der Waals surface area contributed by atoms with Gasteiger partial charge >= 0.3 is 0 Å². The quantitative estimate of drug-likeness (QED) is 0.594. The van der Waals surface area contributed by atoms with Crippen LogP contribution in [0.3, 0.4) is 0 Å². The van der Waals surface area contributed by atoms with E-state index in [1.54, 1.807) is 26.4 Å². The summed E-state index contributed by atoms with van der Waals surface area (Å²) in [5.74, 6) is 0.0850. The van der Waals surface area contributed by atoms with Crippen LogP contribution in [0.2, 0.25) is 0 Å². The number of aromatic nitrogens is 3. The Morgan fingerprint density at radius 2 is 1.82 bits per heavy atom. The zero-order valence-corrected chi connectivity index (χ0v) is 19.8. The molecule has 1 aliphatic heterocycles. The van der Waals surface area contributed by atoms with Crippen molar-refractivity contribution < 1.29 is 13.6 Å². The standard InChI is InChI=1S/C24H29F2N7O/c1-15(2)28-22-23(30-21-13-27-20(12-19(21)29-22)24(34)31(3)4)33-9-7-32(8-10-33)14-16-5-6-17(25)11-18(16)26/h5-6,11-13,15H,7-10,14H2,1-4H3,(H,28,29). The highest BCUT2D eigenvalue weighted by Crippen LogP contribution is 2.27. The molecule has 0 bridgehead atoms. The van der Waals surface area contributed by atoms with E-state index in [0.29, 0.717) is 60.8 Å². The van der Waals surface area contributed by atoms with Crippen molar-refractivity contribution in [1.29, 1.82) is 0 Å². The third-order valence-electron chi connectivity index (χ3n) is 5.66. The van der Waals surface area contributed by atoms with Crippen molar-refractivity contribution in [2.75, 3.05) is 50.5 Å². The Balaban J connectivity index is 1.55. The van der Waals surface area contributed by atoms with Crippen molar-refractivity contribution in [3.05, 3.63) is 53.4 Å². The van der Waals surface area contributed by atoms with Crippen molar-refractivity contribution >= 4 is 28.6 Å². The van der Waals surface area contributed by atoms with E-state index in [0.717, 1.165) is 11.9 Å². The number of halogens is 2. The van der Waals surface area contributed by atoms with Crippen LogP contribution in [0, 0.1) is 11.6 Å². The molecule has 0 atom stereocenters. The van der Waals surface area contributed by atoms with Crippen molar-refractivity contribution in [2.24, 2.45) is 0 Å². The first-order valence-corrected chi connectivity index (χ1v) is 11.3. The minimum absolute atomic E-state index is 0.137. The summed E-state index contributed by atoms with van der Waals surface area (Å²) in [5.41, 5.74) is 2.00. The van der Waals surface area contributed by atoms with E-state index >= 15 is 0 Å². The third kappa shape index (κ3) is 5.22. The number of rotatable bonds is 6. The molecular weight excluding hydrogens is 440 g/mol. The number of carbonyl (C=O) groups excluding carboxylic acids is 1. The highest BCUT2D eigenvalue weighted by atomic mass is 19.1. The lowest BCUT2D eigenvalue weighted by molar-refractivity contribution is 0.0822. The molecule has 3 aromatic rings. The number of hydrogen-bond donors (Lipinski definition) is 1. The van der Waals surface area contributed by atoms with Gasteiger partial charge in [0.25, 0.3) is 5.91 Å². The average Bonchev–Trinajstić information content (AvgIpc) is 2.79. The van der Waals surface area contributed by atoms with Gasteiger partial charge in [-0.2, -0.15) is 0 Å². The van der Waals surface area contributed by atoms with Crippen LogP contribution < -0.4 is 10.2 Å². The molecule has 34 heavy (non-hydrogen) atoms. The molecule has 1 aromatic carbocycles. The highest BCUT2D eigenvalue weighted by Gasteiger charge is 2.23. The van der Waals surface area contributed by atoms with E-state index < -0.39 is 11.6 Å². The Kier molecular flexibility index (Phi) is 6.87. The van der Waals surface area contributed by atoms with Crippen molar-refractivity contribution in [1.82, 2.24) is 24.8 Å². The number of pyridine rings is 1. The van der Waals surface area contributed by atoms with E-state index in [1.807, 2.05) is 13.8 Å². The Hall–Kier alpha value is -3.40. The largest absolute Gasteiger partial charge is 0.365 e. The van der Waals surface area contributed by atoms with Gasteiger partial charge in [0, 0.05) is 64.5 Å². The number of carbonyl (C=O) groups is 1. The highest BCUT2D eigenvalue weighted by molar-refractivity contribution is 5.95. The molecule has 2 aromatic heterocycles. The average molecular weight is 470 g/mol. The summed E-state index contributed by atoms with van der Waals surface area (Å²) in [5, 5.41) is 3.37. The molecule has 1 fully saturated rings. The Labute approximate surface area is 197 Å². The summed E-state index contributed by atoms with van der Waals surface area (Å²) >= 11 is 0. The molecule has 10 heteroatoms. The van der Waals surface area contributed by atoms with Gasteiger partial charge in [0.05, 0.1) is 11.7 Å². The predicted molar refractivity (Wildman–Crippen MR) is 128 cm³/mol. The predicted octanol–water partition coefficient (Wildman–Crippen LogP) is 3.15. The van der Waals surface area contributed by atoms with Gasteiger partial charge < -0.3 is 15.1 Å². The second-order valence-electron chi connectivity index (χ2n) is 8.95. The van der Waals surface area contributed by atoms with E-state index in [9.17, 15) is 13.6 Å². The molecule has 3 heterocycles. The summed E-state index contributed by atoms with van der Waals surface area (Å²) < 4.78 is 27.3. The summed E-state index contributed by atoms with van der Waals surface area (Å²) in [6.45, 7) is 7.24. The topological polar surface area (TPSA) is 77.5 Å². The van der Waals surface area contributed by atoms with Gasteiger partial charge in [0.1, 0.15) is 22.8 Å². The van der Waals surface area contributed by atoms with Crippen LogP contribution in [0.1, 0.15) is 29.9 Å². The van der Waals surface area contributed by atoms with Crippen LogP contribution in [-0.4, -0.2) is 77.0 Å². The fourth-order valence-corrected chi connectivity index (χ4v) is 3.90. The fraction of sp³-hybridized carbons (Fsp3) is 0.417. The van der Waals surface area contributed by atoms with Gasteiger partial charge in [-0.25, -0.2) is 23.7 Å². The molecule has 8 nitrogen and oxygen atoms in total. The normalized spacial score (nSPS) is 14.6. The van der Waals surface area contributed by atoms with Gasteiger partial charge in [-0.05, 0) is 26.0 Å². The molecule has 0 saturated carbocycles. The first-order valence-electron chi connectivity index (χ1n) is 11.3. The fourth-order valence-electron chi connectivity index (χ4n) is 3.90. The maximum Gasteiger partial charge on any atom is 0.272 e. The number of anilines is 2. The van der Waals surface area contributed by atoms with E-state index in [-0.39, 0.29) is 11.9 Å². The van der Waals surface area contributed by atoms with Gasteiger partial charge in [-0.15, -0.1) is 0 Å². The smallest absolute Gasteiger partial charge is 0.272 e. The zero-order chi connectivity index (χ0) is 24.4. The molecule has 180 valence electrons. The second kappa shape index (κ2) is 9.84. The lowest BCUT2D eigenvalue weighted by atomic mass is 10.1. The number of nitrogens with zero attached hydrogens (tertiary/aromatic N) is 6. The minimum atomic E-state index is -0.571. The molecule has 1 aliphatic rings. The first-order chi connectivity index (χ1) is 16.2. The number of fused-ring (bicyclic) bond motifs is 1. The molecule has 1 N–H and O–H groups in total. The van der Waals surface area contributed by atoms with Gasteiger partial charge in [0.2, 0.25) is 0 Å². The molecule has 0 spiro atoms. The number of amides is 1. The van der Waals surface area contributed by atoms with Crippen LogP contribution in [-0.2, 0) is 6.54 Å². The molecule has 0 unspecified atom stereocenters. The van der Waals surface area contributed by atoms with Crippen molar-refractivity contribution in [3.8, 4) is 0 Å². The van der Waals surface area contributed by atoms with Gasteiger partial charge in [-0.1, -0.05) is 6.07 Å². The summed E-state index contributed by atoms with van der Waals surface area (Å²) in [7, 11) is 3.36. The molecule has 1 saturated heterocycles. The molecule has 0 radical (unpaired) electrons. The van der Waals surface area contributed by atoms with Gasteiger partial charge in [-0.3, -0.25) is 9.69 Å². The van der Waals surface area contributed by atoms with Crippen molar-refractivity contribution in [3.63, 3.8) is 0 Å². The molecule has 0 aliphatic carbocycles. The summed E-state index contributed by atoms with van der Waals surface area (Å²) in [6.07, 6.45) is 1.58. The summed E-state index contributed by atoms with van der Waals surface area (Å²) in [4.78, 5) is 31.9. The van der Waals surface area contributed by atoms with E-state index in [2.05, 4.69) is 20.1 Å². The van der Waals surface area contributed by atoms with E-state index in [4.69, 9.17) is 9.97 Å². The Morgan fingerprint density at radius 3 is 2.47 bits per heavy atom. The van der Waals surface area contributed by atoms with Crippen LogP contribution in [0.25, 0.3) is 11.0 Å². The number of hydrogen-bond acceptors (Lipinski definition) is 7. The summed E-state index contributed by atoms with van der Waals surface area (Å²) in [6, 6.07) is 5.51. The Bertz CT molecular complexity index is 1190. The lowest BCUT2D eigenvalue weighted by Crippen LogP contribution is -2.46. The number of piperazine rings is 1. The SMILES string of the molecule is CC(C)Nc1nc2cc(C(=O)N(C)C)ncc2nc1N1CCN(Cc2ccc(F)cc2F)CC1. The molecule has 4 rings (SSSR count). The molecule has 1 amide bonds. The van der Waals surface area contributed by atoms with Crippen molar-refractivity contribution in [2.45, 2.75) is 26.4 Å². The lowest BCUT2D eigenvalue weighted by Gasteiger charge is -2.36. The second-order valence-corrected chi connectivity index (χ2v) is 8.95. The van der Waals surface area contributed by atoms with Crippen LogP contribution >= 0.6 is 0 Å². The number of nitrogens with one attached hydrogen (secondary N) is 1. The Morgan fingerprint density at radius 1 is 1.09 bits per heavy atom. The minimum Gasteiger partial charge on any atom is -0.365 e. The van der Waals surface area contributed by atoms with Gasteiger partial charge in [0.15, 0.2) is 11.6 Å². The van der Waals surface area contributed by atoms with Crippen LogP contribution in [0.5, 0.6) is 0 Å². The molecular formula is C24H29F2N7O. The van der Waals surface area contributed by atoms with Crippen LogP contribution in [0.4, 0.5) is 20.4 Å². The number of benzene rings is 1. The maximum absolute atomic E-state index is 14.1. The maximum atomic E-state index is 14.1. The zero-order valence-electron chi connectivity index (χ0n) is 19.8. The monoisotopic (exact) mass is 469 g/mol. The first kappa shape index (κ1) is 23.7.